The van der Waals surface area contributed by atoms with Crippen LogP contribution in [0.2, 0.25) is 0 Å². The molecule has 2 aromatic heterocycles. The molecular formula is C15H14N4O2S. The van der Waals surface area contributed by atoms with Gasteiger partial charge in [0.2, 0.25) is 0 Å². The van der Waals surface area contributed by atoms with Crippen LogP contribution in [0.1, 0.15) is 26.5 Å². The molecule has 0 radical (unpaired) electrons. The van der Waals surface area contributed by atoms with Gasteiger partial charge in [-0.2, -0.15) is 0 Å². The average Bonchev–Trinajstić information content (AvgIpc) is 2.91. The van der Waals surface area contributed by atoms with Gasteiger partial charge in [-0.25, -0.2) is 0 Å². The van der Waals surface area contributed by atoms with Crippen molar-refractivity contribution in [3.05, 3.63) is 50.3 Å². The van der Waals surface area contributed by atoms with Crippen LogP contribution in [0.3, 0.4) is 0 Å². The fourth-order valence-electron chi connectivity index (χ4n) is 2.27. The predicted octanol–water partition coefficient (Wildman–Crippen LogP) is 2.56. The Kier molecular flexibility index (Phi) is 3.50. The van der Waals surface area contributed by atoms with E-state index in [4.69, 9.17) is 0 Å². The highest BCUT2D eigenvalue weighted by molar-refractivity contribution is 7.08. The van der Waals surface area contributed by atoms with Crippen molar-refractivity contribution in [2.75, 3.05) is 5.32 Å². The molecule has 112 valence electrons. The highest BCUT2D eigenvalue weighted by Crippen LogP contribution is 2.22. The number of carbonyl (C=O) groups is 1. The Morgan fingerprint density at radius 1 is 1.23 bits per heavy atom. The molecule has 2 N–H and O–H groups in total. The van der Waals surface area contributed by atoms with Gasteiger partial charge in [-0.05, 0) is 50.0 Å². The first-order valence-electron chi connectivity index (χ1n) is 6.71. The Morgan fingerprint density at radius 2 is 2.00 bits per heavy atom. The van der Waals surface area contributed by atoms with E-state index >= 15 is 0 Å². The van der Waals surface area contributed by atoms with E-state index in [0.29, 0.717) is 27.3 Å². The zero-order chi connectivity index (χ0) is 15.9. The van der Waals surface area contributed by atoms with Crippen LogP contribution in [0.15, 0.2) is 23.0 Å². The van der Waals surface area contributed by atoms with Crippen molar-refractivity contribution in [1.82, 2.24) is 14.6 Å². The van der Waals surface area contributed by atoms with Gasteiger partial charge in [-0.3, -0.25) is 9.59 Å². The maximum atomic E-state index is 12.2. The summed E-state index contributed by atoms with van der Waals surface area (Å²) in [7, 11) is 0. The summed E-state index contributed by atoms with van der Waals surface area (Å²) in [6, 6.07) is 5.46. The van der Waals surface area contributed by atoms with Gasteiger partial charge in [-0.1, -0.05) is 10.6 Å². The number of carbonyl (C=O) groups excluding carboxylic acids is 1. The van der Waals surface area contributed by atoms with Gasteiger partial charge in [0.25, 0.3) is 11.5 Å². The number of hydrogen-bond donors (Lipinski definition) is 2. The van der Waals surface area contributed by atoms with E-state index in [1.54, 1.807) is 19.9 Å². The lowest BCUT2D eigenvalue weighted by atomic mass is 10.1. The lowest BCUT2D eigenvalue weighted by molar-refractivity contribution is 0.103. The van der Waals surface area contributed by atoms with Crippen LogP contribution in [0, 0.1) is 20.8 Å². The van der Waals surface area contributed by atoms with Crippen molar-refractivity contribution in [1.29, 1.82) is 0 Å². The molecule has 0 fully saturated rings. The average molecular weight is 314 g/mol. The summed E-state index contributed by atoms with van der Waals surface area (Å²) in [4.78, 5) is 27.3. The van der Waals surface area contributed by atoms with Crippen LogP contribution in [-0.4, -0.2) is 20.5 Å². The number of benzene rings is 1. The van der Waals surface area contributed by atoms with Gasteiger partial charge >= 0.3 is 0 Å². The highest BCUT2D eigenvalue weighted by atomic mass is 32.1. The number of aryl methyl sites for hydroxylation is 2. The lowest BCUT2D eigenvalue weighted by Crippen LogP contribution is -2.13. The second-order valence-electron chi connectivity index (χ2n) is 5.11. The van der Waals surface area contributed by atoms with Crippen LogP contribution >= 0.6 is 11.5 Å². The molecule has 0 aliphatic carbocycles. The van der Waals surface area contributed by atoms with Gasteiger partial charge in [0, 0.05) is 16.6 Å². The number of hydrogen-bond acceptors (Lipinski definition) is 5. The smallest absolute Gasteiger partial charge is 0.269 e. The zero-order valence-electron chi connectivity index (χ0n) is 12.4. The van der Waals surface area contributed by atoms with Gasteiger partial charge in [-0.15, -0.1) is 5.10 Å². The number of rotatable bonds is 2. The van der Waals surface area contributed by atoms with E-state index in [2.05, 4.69) is 19.9 Å². The summed E-state index contributed by atoms with van der Waals surface area (Å²) >= 11 is 1.06. The molecule has 0 saturated heterocycles. The molecule has 3 rings (SSSR count). The Labute approximate surface area is 130 Å². The summed E-state index contributed by atoms with van der Waals surface area (Å²) in [5.41, 5.74) is 3.45. The molecule has 0 saturated carbocycles. The predicted molar refractivity (Wildman–Crippen MR) is 86.6 cm³/mol. The number of H-pyrrole nitrogens is 1. The number of nitrogens with zero attached hydrogens (tertiary/aromatic N) is 2. The Hall–Kier alpha value is -2.54. The molecule has 1 amide bonds. The van der Waals surface area contributed by atoms with Gasteiger partial charge in [0.1, 0.15) is 4.88 Å². The van der Waals surface area contributed by atoms with Crippen LogP contribution < -0.4 is 10.9 Å². The molecular weight excluding hydrogens is 300 g/mol. The third kappa shape index (κ3) is 2.39. The van der Waals surface area contributed by atoms with E-state index in [1.165, 1.54) is 0 Å². The first-order chi connectivity index (χ1) is 10.5. The molecule has 0 bridgehead atoms. The second-order valence-corrected chi connectivity index (χ2v) is 5.86. The molecule has 0 aliphatic heterocycles. The number of nitrogens with one attached hydrogen (secondary N) is 2. The van der Waals surface area contributed by atoms with Crippen LogP contribution in [0.5, 0.6) is 0 Å². The Morgan fingerprint density at radius 3 is 2.68 bits per heavy atom. The minimum Gasteiger partial charge on any atom is -0.322 e. The monoisotopic (exact) mass is 314 g/mol. The fraction of sp³-hybridized carbons (Fsp3) is 0.200. The molecule has 22 heavy (non-hydrogen) atoms. The fourth-order valence-corrected chi connectivity index (χ4v) is 2.82. The van der Waals surface area contributed by atoms with Crippen molar-refractivity contribution < 1.29 is 4.79 Å². The van der Waals surface area contributed by atoms with Crippen molar-refractivity contribution >= 4 is 34.0 Å². The standard InChI is InChI=1S/C15H14N4O2S/c1-7-8(2)14(20)17-12-6-10(4-5-11(7)12)16-15(21)13-9(3)18-19-22-13/h4-6H,1-3H3,(H,16,21)(H,17,20). The number of amides is 1. The van der Waals surface area contributed by atoms with Crippen LogP contribution in [0.4, 0.5) is 5.69 Å². The van der Waals surface area contributed by atoms with E-state index in [-0.39, 0.29) is 11.5 Å². The minimum atomic E-state index is -0.252. The minimum absolute atomic E-state index is 0.115. The summed E-state index contributed by atoms with van der Waals surface area (Å²) < 4.78 is 3.75. The molecule has 6 nitrogen and oxygen atoms in total. The van der Waals surface area contributed by atoms with Gasteiger partial charge in [0.05, 0.1) is 11.2 Å². The van der Waals surface area contributed by atoms with Crippen LogP contribution in [0.25, 0.3) is 10.9 Å². The number of anilines is 1. The van der Waals surface area contributed by atoms with Crippen molar-refractivity contribution in [2.45, 2.75) is 20.8 Å². The molecule has 2 heterocycles. The molecule has 7 heteroatoms. The third-order valence-electron chi connectivity index (χ3n) is 3.69. The quantitative estimate of drug-likeness (QED) is 0.761. The first-order valence-corrected chi connectivity index (χ1v) is 7.48. The Balaban J connectivity index is 1.99. The summed E-state index contributed by atoms with van der Waals surface area (Å²) in [6.45, 7) is 5.45. The maximum Gasteiger partial charge on any atom is 0.269 e. The molecule has 1 aromatic carbocycles. The number of pyridine rings is 1. The van der Waals surface area contributed by atoms with Crippen molar-refractivity contribution in [3.8, 4) is 0 Å². The topological polar surface area (TPSA) is 87.7 Å². The number of aromatic nitrogens is 3. The third-order valence-corrected chi connectivity index (χ3v) is 4.52. The van der Waals surface area contributed by atoms with Crippen molar-refractivity contribution in [2.24, 2.45) is 0 Å². The molecule has 0 unspecified atom stereocenters. The summed E-state index contributed by atoms with van der Waals surface area (Å²) in [5.74, 6) is -0.252. The first kappa shape index (κ1) is 14.4. The van der Waals surface area contributed by atoms with Gasteiger partial charge in [0.15, 0.2) is 0 Å². The Bertz CT molecular complexity index is 942. The molecule has 0 aliphatic rings. The normalized spacial score (nSPS) is 10.9. The highest BCUT2D eigenvalue weighted by Gasteiger charge is 2.14. The largest absolute Gasteiger partial charge is 0.322 e. The van der Waals surface area contributed by atoms with Crippen molar-refractivity contribution in [3.63, 3.8) is 0 Å². The molecule has 0 atom stereocenters. The van der Waals surface area contributed by atoms with E-state index < -0.39 is 0 Å². The number of fused-ring (bicyclic) bond motifs is 1. The number of aromatic amines is 1. The van der Waals surface area contributed by atoms with E-state index in [9.17, 15) is 9.59 Å². The zero-order valence-corrected chi connectivity index (χ0v) is 13.2. The van der Waals surface area contributed by atoms with Gasteiger partial charge < -0.3 is 10.3 Å². The molecule has 3 aromatic rings. The maximum absolute atomic E-state index is 12.2. The summed E-state index contributed by atoms with van der Waals surface area (Å²) in [6.07, 6.45) is 0. The second kappa shape index (κ2) is 5.34. The van der Waals surface area contributed by atoms with E-state index in [1.807, 2.05) is 19.1 Å². The SMILES string of the molecule is Cc1nnsc1C(=O)Nc1ccc2c(C)c(C)c(=O)[nH]c2c1. The molecule has 0 spiro atoms. The van der Waals surface area contributed by atoms with E-state index in [0.717, 1.165) is 22.5 Å². The summed E-state index contributed by atoms with van der Waals surface area (Å²) in [5, 5.41) is 7.59. The lowest BCUT2D eigenvalue weighted by Gasteiger charge is -2.08. The van der Waals surface area contributed by atoms with Crippen LogP contribution in [-0.2, 0) is 0 Å².